The molecule has 3 aliphatic heterocycles. The molecule has 0 radical (unpaired) electrons. The van der Waals surface area contributed by atoms with Gasteiger partial charge in [0.1, 0.15) is 17.6 Å². The van der Waals surface area contributed by atoms with Gasteiger partial charge in [0.2, 0.25) is 5.88 Å². The van der Waals surface area contributed by atoms with Crippen LogP contribution in [0.25, 0.3) is 0 Å². The van der Waals surface area contributed by atoms with E-state index in [0.29, 0.717) is 37.6 Å². The summed E-state index contributed by atoms with van der Waals surface area (Å²) in [5, 5.41) is 9.95. The summed E-state index contributed by atoms with van der Waals surface area (Å²) in [5.74, 6) is 0.797. The summed E-state index contributed by atoms with van der Waals surface area (Å²) in [6.45, 7) is 2.01. The minimum absolute atomic E-state index is 0.103. The number of hydrogen-bond acceptors (Lipinski definition) is 9. The van der Waals surface area contributed by atoms with Crippen molar-refractivity contribution in [3.8, 4) is 17.6 Å². The van der Waals surface area contributed by atoms with Crippen LogP contribution in [0.15, 0.2) is 60.0 Å². The fraction of sp³-hybridized carbons (Fsp3) is 0.360. The van der Waals surface area contributed by atoms with E-state index in [9.17, 15) is 10.1 Å². The molecule has 10 heteroatoms. The monoisotopic (exact) mass is 477 g/mol. The van der Waals surface area contributed by atoms with Crippen LogP contribution in [0, 0.1) is 17.2 Å². The Balaban J connectivity index is 1.41. The van der Waals surface area contributed by atoms with Crippen LogP contribution in [0.1, 0.15) is 23.1 Å². The Morgan fingerprint density at radius 1 is 1.06 bits per heavy atom. The van der Waals surface area contributed by atoms with Crippen LogP contribution in [0.4, 0.5) is 4.79 Å². The molecular weight excluding hydrogens is 450 g/mol. The third-order valence-electron chi connectivity index (χ3n) is 6.64. The average molecular weight is 478 g/mol. The van der Waals surface area contributed by atoms with Crippen molar-refractivity contribution in [2.24, 2.45) is 11.7 Å². The van der Waals surface area contributed by atoms with Gasteiger partial charge < -0.3 is 29.6 Å². The molecule has 182 valence electrons. The molecule has 2 saturated heterocycles. The zero-order valence-corrected chi connectivity index (χ0v) is 19.3. The highest BCUT2D eigenvalue weighted by Crippen LogP contribution is 2.47. The number of benzene rings is 2. The Bertz CT molecular complexity index is 1140. The number of hydrogen-bond donors (Lipinski definition) is 3. The van der Waals surface area contributed by atoms with Crippen molar-refractivity contribution in [3.05, 3.63) is 71.1 Å². The van der Waals surface area contributed by atoms with Gasteiger partial charge in [-0.05, 0) is 35.4 Å². The second-order valence-corrected chi connectivity index (χ2v) is 8.56. The molecule has 0 aliphatic carbocycles. The first-order chi connectivity index (χ1) is 17.1. The van der Waals surface area contributed by atoms with Gasteiger partial charge in [-0.15, -0.1) is 0 Å². The van der Waals surface area contributed by atoms with E-state index in [-0.39, 0.29) is 23.8 Å². The highest BCUT2D eigenvalue weighted by atomic mass is 16.6. The van der Waals surface area contributed by atoms with Crippen molar-refractivity contribution in [2.75, 3.05) is 33.4 Å². The number of allylic oxidation sites excluding steroid dienone is 1. The van der Waals surface area contributed by atoms with E-state index in [1.807, 2.05) is 36.4 Å². The first-order valence-electron chi connectivity index (χ1n) is 11.4. The fourth-order valence-corrected chi connectivity index (χ4v) is 4.85. The van der Waals surface area contributed by atoms with Gasteiger partial charge >= 0.3 is 6.09 Å². The van der Waals surface area contributed by atoms with Gasteiger partial charge in [0.05, 0.1) is 31.9 Å². The molecule has 5 rings (SSSR count). The van der Waals surface area contributed by atoms with E-state index in [2.05, 4.69) is 16.9 Å². The number of nitrogens with one attached hydrogen (secondary N) is 2. The second-order valence-electron chi connectivity index (χ2n) is 8.56. The van der Waals surface area contributed by atoms with Crippen LogP contribution in [-0.2, 0) is 9.47 Å². The zero-order chi connectivity index (χ0) is 24.4. The summed E-state index contributed by atoms with van der Waals surface area (Å²) in [5.41, 5.74) is 14.9. The summed E-state index contributed by atoms with van der Waals surface area (Å²) in [6, 6.07) is 17.1. The summed E-state index contributed by atoms with van der Waals surface area (Å²) >= 11 is 0. The van der Waals surface area contributed by atoms with Gasteiger partial charge in [-0.2, -0.15) is 5.26 Å². The smallest absolute Gasteiger partial charge is 0.415 e. The molecule has 3 heterocycles. The number of fused-ring (bicyclic) bond motifs is 1. The lowest BCUT2D eigenvalue weighted by molar-refractivity contribution is 0.0340. The van der Waals surface area contributed by atoms with Gasteiger partial charge in [0.25, 0.3) is 0 Å². The van der Waals surface area contributed by atoms with Crippen molar-refractivity contribution in [1.82, 2.24) is 15.8 Å². The zero-order valence-electron chi connectivity index (χ0n) is 19.3. The fourth-order valence-electron chi connectivity index (χ4n) is 4.85. The van der Waals surface area contributed by atoms with Crippen LogP contribution in [-0.4, -0.2) is 50.6 Å². The maximum Gasteiger partial charge on any atom is 0.415 e. The Hall–Kier alpha value is -3.78. The number of nitrogens with two attached hydrogens (primary N) is 1. The molecular formula is C25H27N5O5. The van der Waals surface area contributed by atoms with Gasteiger partial charge in [0, 0.05) is 24.9 Å². The van der Waals surface area contributed by atoms with Crippen LogP contribution in [0.2, 0.25) is 0 Å². The molecule has 4 N–H and O–H groups in total. The molecule has 2 aromatic carbocycles. The van der Waals surface area contributed by atoms with Crippen molar-refractivity contribution in [3.63, 3.8) is 0 Å². The number of methoxy groups -OCH3 is 1. The maximum atomic E-state index is 12.4. The Labute approximate surface area is 203 Å². The molecule has 4 unspecified atom stereocenters. The van der Waals surface area contributed by atoms with E-state index in [1.54, 1.807) is 24.1 Å². The minimum atomic E-state index is -0.428. The lowest BCUT2D eigenvalue weighted by atomic mass is 9.74. The van der Waals surface area contributed by atoms with Crippen molar-refractivity contribution in [1.29, 1.82) is 5.26 Å². The molecule has 2 aromatic rings. The molecule has 35 heavy (non-hydrogen) atoms. The second kappa shape index (κ2) is 9.84. The average Bonchev–Trinajstić information content (AvgIpc) is 3.32. The highest BCUT2D eigenvalue weighted by molar-refractivity contribution is 5.70. The Kier molecular flexibility index (Phi) is 6.46. The maximum absolute atomic E-state index is 12.4. The minimum Gasteiger partial charge on any atom is -0.497 e. The van der Waals surface area contributed by atoms with E-state index < -0.39 is 12.3 Å². The number of amides is 1. The predicted octanol–water partition coefficient (Wildman–Crippen LogP) is 2.13. The van der Waals surface area contributed by atoms with Gasteiger partial charge in [0.15, 0.2) is 6.23 Å². The van der Waals surface area contributed by atoms with Gasteiger partial charge in [-0.25, -0.2) is 15.6 Å². The van der Waals surface area contributed by atoms with E-state index in [1.165, 1.54) is 0 Å². The molecule has 10 nitrogen and oxygen atoms in total. The summed E-state index contributed by atoms with van der Waals surface area (Å²) in [4.78, 5) is 14.0. The largest absolute Gasteiger partial charge is 0.497 e. The molecule has 0 saturated carbocycles. The molecule has 4 atom stereocenters. The lowest BCUT2D eigenvalue weighted by Crippen LogP contribution is -2.42. The third kappa shape index (κ3) is 4.49. The first-order valence-corrected chi connectivity index (χ1v) is 11.4. The Morgan fingerprint density at radius 2 is 1.71 bits per heavy atom. The van der Waals surface area contributed by atoms with Crippen molar-refractivity contribution in [2.45, 2.75) is 18.2 Å². The van der Waals surface area contributed by atoms with E-state index in [4.69, 9.17) is 24.7 Å². The Morgan fingerprint density at radius 3 is 2.37 bits per heavy atom. The third-order valence-corrected chi connectivity index (χ3v) is 6.64. The van der Waals surface area contributed by atoms with Crippen molar-refractivity contribution < 1.29 is 23.7 Å². The highest BCUT2D eigenvalue weighted by Gasteiger charge is 2.49. The van der Waals surface area contributed by atoms with Crippen LogP contribution in [0.5, 0.6) is 11.5 Å². The molecule has 0 spiro atoms. The summed E-state index contributed by atoms with van der Waals surface area (Å²) < 4.78 is 22.0. The lowest BCUT2D eigenvalue weighted by Gasteiger charge is -2.36. The molecule has 0 aromatic heterocycles. The van der Waals surface area contributed by atoms with Crippen molar-refractivity contribution >= 4 is 6.09 Å². The van der Waals surface area contributed by atoms with Crippen LogP contribution in [0.3, 0.4) is 0 Å². The molecule has 0 bridgehead atoms. The number of rotatable bonds is 4. The number of nitrogens with zero attached hydrogens (tertiary/aromatic N) is 2. The topological polar surface area (TPSA) is 131 Å². The summed E-state index contributed by atoms with van der Waals surface area (Å²) in [6.07, 6.45) is -0.833. The van der Waals surface area contributed by atoms with Gasteiger partial charge in [-0.3, -0.25) is 0 Å². The molecule has 1 amide bonds. The van der Waals surface area contributed by atoms with E-state index in [0.717, 1.165) is 16.9 Å². The number of morpholine rings is 1. The predicted molar refractivity (Wildman–Crippen MR) is 125 cm³/mol. The number of carbonyl (C=O) groups is 1. The van der Waals surface area contributed by atoms with Crippen LogP contribution < -0.4 is 26.1 Å². The number of carbonyl (C=O) groups excluding carboxylic acids is 1. The van der Waals surface area contributed by atoms with E-state index >= 15 is 0 Å². The standard InChI is InChI=1S/C25H27N5O5/c1-32-17-6-4-16(5-7-17)22-21-20(19(14-26)23(27)35-24(21)29-28-22)15-2-8-18(9-3-15)34-25(31)30-10-12-33-13-11-30/h2-9,20-22,24,28-29H,10-13,27H2,1H3. The normalized spacial score (nSPS) is 25.9. The molecule has 2 fully saturated rings. The quantitative estimate of drug-likeness (QED) is 0.606. The number of ether oxygens (including phenoxy) is 4. The summed E-state index contributed by atoms with van der Waals surface area (Å²) in [7, 11) is 1.63. The SMILES string of the molecule is COc1ccc(C2NNC3OC(N)=C(C#N)C(c4ccc(OC(=O)N5CCOCC5)cc4)C32)cc1. The van der Waals surface area contributed by atoms with Crippen LogP contribution >= 0.6 is 0 Å². The first kappa shape index (κ1) is 23.0. The van der Waals surface area contributed by atoms with Gasteiger partial charge in [-0.1, -0.05) is 24.3 Å². The number of nitriles is 1. The molecule has 3 aliphatic rings. The number of hydrazine groups is 1.